The molecule has 0 aliphatic carbocycles. The lowest BCUT2D eigenvalue weighted by molar-refractivity contribution is 0.667. The van der Waals surface area contributed by atoms with E-state index >= 15 is 0 Å². The van der Waals surface area contributed by atoms with Gasteiger partial charge in [0.25, 0.3) is 0 Å². The van der Waals surface area contributed by atoms with Crippen LogP contribution in [0.2, 0.25) is 5.02 Å². The average Bonchev–Trinajstić information content (AvgIpc) is 3.38. The molecule has 2 heterocycles. The predicted molar refractivity (Wildman–Crippen MR) is 156 cm³/mol. The molecule has 0 radical (unpaired) electrons. The highest BCUT2D eigenvalue weighted by atomic mass is 35.5. The monoisotopic (exact) mass is 511 g/mol. The van der Waals surface area contributed by atoms with Gasteiger partial charge in [-0.05, 0) is 23.3 Å². The minimum Gasteiger partial charge on any atom is -0.454 e. The number of hydrogen-bond donors (Lipinski definition) is 1. The summed E-state index contributed by atoms with van der Waals surface area (Å²) in [7, 11) is 0. The van der Waals surface area contributed by atoms with E-state index in [4.69, 9.17) is 26.0 Å². The van der Waals surface area contributed by atoms with Gasteiger partial charge in [-0.2, -0.15) is 0 Å². The smallest absolute Gasteiger partial charge is 0.170 e. The Hall–Kier alpha value is -4.67. The van der Waals surface area contributed by atoms with Gasteiger partial charge in [0.05, 0.1) is 5.02 Å². The molecule has 4 nitrogen and oxygen atoms in total. The van der Waals surface area contributed by atoms with Crippen LogP contribution in [0.25, 0.3) is 33.1 Å². The largest absolute Gasteiger partial charge is 0.454 e. The van der Waals surface area contributed by atoms with Crippen molar-refractivity contribution in [3.8, 4) is 11.1 Å². The van der Waals surface area contributed by atoms with Gasteiger partial charge in [0, 0.05) is 27.5 Å². The zero-order valence-electron chi connectivity index (χ0n) is 20.3. The van der Waals surface area contributed by atoms with Crippen molar-refractivity contribution in [2.24, 2.45) is 9.98 Å². The van der Waals surface area contributed by atoms with E-state index in [-0.39, 0.29) is 0 Å². The van der Waals surface area contributed by atoms with Crippen LogP contribution < -0.4 is 5.32 Å². The van der Waals surface area contributed by atoms with E-state index in [1.807, 2.05) is 54.6 Å². The number of nitrogens with zero attached hydrogens (tertiary/aromatic N) is 2. The number of furan rings is 1. The third kappa shape index (κ3) is 3.96. The number of aliphatic imine (C=N–C) groups is 2. The number of halogens is 1. The second-order valence-corrected chi connectivity index (χ2v) is 9.61. The van der Waals surface area contributed by atoms with Crippen LogP contribution in [0.5, 0.6) is 0 Å². The molecule has 0 fully saturated rings. The first kappa shape index (κ1) is 22.5. The maximum absolute atomic E-state index is 6.47. The molecule has 5 aromatic carbocycles. The maximum Gasteiger partial charge on any atom is 0.170 e. The highest BCUT2D eigenvalue weighted by Gasteiger charge is 2.24. The van der Waals surface area contributed by atoms with Crippen LogP contribution in [0, 0.1) is 0 Å². The van der Waals surface area contributed by atoms with E-state index < -0.39 is 6.17 Å². The molecule has 38 heavy (non-hydrogen) atoms. The third-order valence-corrected chi connectivity index (χ3v) is 7.13. The lowest BCUT2D eigenvalue weighted by atomic mass is 10.0. The van der Waals surface area contributed by atoms with Gasteiger partial charge in [-0.25, -0.2) is 9.98 Å². The van der Waals surface area contributed by atoms with Crippen molar-refractivity contribution in [2.75, 3.05) is 0 Å². The Morgan fingerprint density at radius 2 is 1.16 bits per heavy atom. The number of nitrogens with one attached hydrogen (secondary N) is 1. The van der Waals surface area contributed by atoms with Gasteiger partial charge >= 0.3 is 0 Å². The van der Waals surface area contributed by atoms with Crippen LogP contribution in [0.1, 0.15) is 22.9 Å². The fourth-order valence-corrected chi connectivity index (χ4v) is 5.20. The Balaban J connectivity index is 1.37. The van der Waals surface area contributed by atoms with Gasteiger partial charge in [-0.3, -0.25) is 0 Å². The number of amidine groups is 2. The minimum absolute atomic E-state index is 0.460. The highest BCUT2D eigenvalue weighted by molar-refractivity contribution is 6.35. The molecule has 182 valence electrons. The first-order valence-corrected chi connectivity index (χ1v) is 12.9. The van der Waals surface area contributed by atoms with Crippen molar-refractivity contribution in [3.05, 3.63) is 143 Å². The fourth-order valence-electron chi connectivity index (χ4n) is 4.99. The number of benzene rings is 5. The second kappa shape index (κ2) is 9.33. The minimum atomic E-state index is -0.460. The molecule has 1 N–H and O–H groups in total. The molecule has 0 saturated heterocycles. The van der Waals surface area contributed by atoms with Crippen LogP contribution in [-0.4, -0.2) is 11.7 Å². The predicted octanol–water partition coefficient (Wildman–Crippen LogP) is 8.40. The Morgan fingerprint density at radius 1 is 0.579 bits per heavy atom. The van der Waals surface area contributed by atoms with Crippen LogP contribution >= 0.6 is 11.6 Å². The molecule has 0 bridgehead atoms. The summed E-state index contributed by atoms with van der Waals surface area (Å²) in [5, 5.41) is 6.02. The Bertz CT molecular complexity index is 1840. The van der Waals surface area contributed by atoms with Crippen molar-refractivity contribution in [1.29, 1.82) is 0 Å². The topological polar surface area (TPSA) is 49.9 Å². The third-order valence-electron chi connectivity index (χ3n) is 6.84. The number of para-hydroxylation sites is 1. The van der Waals surface area contributed by atoms with Crippen molar-refractivity contribution in [2.45, 2.75) is 6.17 Å². The van der Waals surface area contributed by atoms with E-state index in [2.05, 4.69) is 72.0 Å². The maximum atomic E-state index is 6.47. The zero-order chi connectivity index (χ0) is 25.5. The summed E-state index contributed by atoms with van der Waals surface area (Å²) in [5.74, 6) is 1.54. The first-order chi connectivity index (χ1) is 18.7. The van der Waals surface area contributed by atoms with Crippen LogP contribution in [0.4, 0.5) is 0 Å². The normalized spacial score (nSPS) is 15.2. The Kier molecular flexibility index (Phi) is 5.53. The van der Waals surface area contributed by atoms with Crippen LogP contribution in [0.15, 0.2) is 136 Å². The summed E-state index contributed by atoms with van der Waals surface area (Å²) in [5.41, 5.74) is 6.74. The van der Waals surface area contributed by atoms with E-state index in [1.165, 1.54) is 5.56 Å². The Morgan fingerprint density at radius 3 is 1.87 bits per heavy atom. The van der Waals surface area contributed by atoms with Gasteiger partial charge in [0.15, 0.2) is 11.7 Å². The molecule has 7 rings (SSSR count). The summed E-state index contributed by atoms with van der Waals surface area (Å²) < 4.78 is 6.15. The number of rotatable bonds is 4. The van der Waals surface area contributed by atoms with E-state index in [9.17, 15) is 0 Å². The summed E-state index contributed by atoms with van der Waals surface area (Å²) in [6, 6.07) is 40.8. The van der Waals surface area contributed by atoms with Crippen molar-refractivity contribution >= 4 is 45.2 Å². The summed E-state index contributed by atoms with van der Waals surface area (Å²) in [4.78, 5) is 10.2. The molecule has 1 aromatic heterocycles. The first-order valence-electron chi connectivity index (χ1n) is 12.5. The van der Waals surface area contributed by atoms with Crippen LogP contribution in [-0.2, 0) is 0 Å². The van der Waals surface area contributed by atoms with E-state index in [0.29, 0.717) is 10.6 Å². The molecule has 1 aliphatic rings. The van der Waals surface area contributed by atoms with E-state index in [1.54, 1.807) is 0 Å². The summed E-state index contributed by atoms with van der Waals surface area (Å²) >= 11 is 6.47. The molecule has 0 saturated carbocycles. The van der Waals surface area contributed by atoms with Crippen molar-refractivity contribution in [1.82, 2.24) is 5.32 Å². The van der Waals surface area contributed by atoms with Crippen LogP contribution in [0.3, 0.4) is 0 Å². The Labute approximate surface area is 224 Å². The van der Waals surface area contributed by atoms with E-state index in [0.717, 1.165) is 50.3 Å². The second-order valence-electron chi connectivity index (χ2n) is 9.20. The van der Waals surface area contributed by atoms with Gasteiger partial charge in [0.2, 0.25) is 0 Å². The van der Waals surface area contributed by atoms with Crippen molar-refractivity contribution < 1.29 is 4.42 Å². The van der Waals surface area contributed by atoms with Gasteiger partial charge in [0.1, 0.15) is 17.3 Å². The molecule has 0 spiro atoms. The fraction of sp³-hybridized carbons (Fsp3) is 0.0303. The molecular formula is C33H22ClN3O. The molecule has 0 amide bonds. The molecule has 1 unspecified atom stereocenters. The zero-order valence-corrected chi connectivity index (χ0v) is 21.1. The molecule has 1 aliphatic heterocycles. The summed E-state index contributed by atoms with van der Waals surface area (Å²) in [6.07, 6.45) is -0.460. The SMILES string of the molecule is Clc1cccc2c1oc1cccc(C3N=C(c4ccccc4)NC(c4ccc(-c5ccccc5)cc4)=N3)c12. The molecule has 1 atom stereocenters. The lowest BCUT2D eigenvalue weighted by Crippen LogP contribution is -2.36. The summed E-state index contributed by atoms with van der Waals surface area (Å²) in [6.45, 7) is 0. The van der Waals surface area contributed by atoms with Crippen molar-refractivity contribution in [3.63, 3.8) is 0 Å². The molecular weight excluding hydrogens is 490 g/mol. The van der Waals surface area contributed by atoms with Gasteiger partial charge < -0.3 is 9.73 Å². The standard InChI is InChI=1S/C33H22ClN3O/c34-27-15-7-13-25-29-26(14-8-16-28(29)38-30(25)27)33-36-31(23-11-5-2-6-12-23)35-32(37-33)24-19-17-22(18-20-24)21-9-3-1-4-10-21/h1-20,33H,(H,35,36,37). The average molecular weight is 512 g/mol. The van der Waals surface area contributed by atoms with Gasteiger partial charge in [-0.15, -0.1) is 0 Å². The lowest BCUT2D eigenvalue weighted by Gasteiger charge is -2.23. The van der Waals surface area contributed by atoms with Gasteiger partial charge in [-0.1, -0.05) is 121 Å². The number of fused-ring (bicyclic) bond motifs is 3. The quantitative estimate of drug-likeness (QED) is 0.258. The number of hydrogen-bond acceptors (Lipinski definition) is 4. The highest BCUT2D eigenvalue weighted by Crippen LogP contribution is 2.39. The molecule has 6 aromatic rings. The molecule has 5 heteroatoms.